The minimum absolute atomic E-state index is 0.0656. The van der Waals surface area contributed by atoms with Gasteiger partial charge in [-0.15, -0.1) is 0 Å². The number of fused-ring (bicyclic) bond motifs is 3. The van der Waals surface area contributed by atoms with E-state index in [0.29, 0.717) is 0 Å². The highest BCUT2D eigenvalue weighted by Gasteiger charge is 2.31. The largest absolute Gasteiger partial charge is 0.468 e. The smallest absolute Gasteiger partial charge is 0.407 e. The van der Waals surface area contributed by atoms with E-state index < -0.39 is 47.9 Å². The van der Waals surface area contributed by atoms with Crippen molar-refractivity contribution in [2.24, 2.45) is 5.92 Å². The molecule has 41 heavy (non-hydrogen) atoms. The van der Waals surface area contributed by atoms with Crippen molar-refractivity contribution in [3.05, 3.63) is 59.7 Å². The van der Waals surface area contributed by atoms with Crippen LogP contribution in [0.2, 0.25) is 0 Å². The third-order valence-electron chi connectivity index (χ3n) is 6.77. The zero-order valence-corrected chi connectivity index (χ0v) is 24.3. The summed E-state index contributed by atoms with van der Waals surface area (Å²) < 4.78 is 9.99. The van der Waals surface area contributed by atoms with E-state index in [2.05, 4.69) is 38.6 Å². The second kappa shape index (κ2) is 14.5. The summed E-state index contributed by atoms with van der Waals surface area (Å²) in [6, 6.07) is 12.8. The molecule has 0 aromatic heterocycles. The van der Waals surface area contributed by atoms with Crippen molar-refractivity contribution in [1.29, 1.82) is 0 Å². The molecule has 1 aliphatic rings. The lowest BCUT2D eigenvalue weighted by Gasteiger charge is -2.25. The van der Waals surface area contributed by atoms with Crippen LogP contribution >= 0.6 is 12.6 Å². The van der Waals surface area contributed by atoms with Gasteiger partial charge >= 0.3 is 12.1 Å². The fraction of sp³-hybridized carbons (Fsp3) is 0.414. The maximum absolute atomic E-state index is 12.9. The Bertz CT molecular complexity index is 1240. The molecule has 0 radical (unpaired) electrons. The molecule has 4 N–H and O–H groups in total. The monoisotopic (exact) mass is 584 g/mol. The highest BCUT2D eigenvalue weighted by atomic mass is 32.1. The van der Waals surface area contributed by atoms with E-state index in [9.17, 15) is 24.0 Å². The van der Waals surface area contributed by atoms with Crippen molar-refractivity contribution in [1.82, 2.24) is 21.3 Å². The molecule has 3 rings (SSSR count). The molecule has 0 unspecified atom stereocenters. The van der Waals surface area contributed by atoms with E-state index >= 15 is 0 Å². The number of carbonyl (C=O) groups is 5. The van der Waals surface area contributed by atoms with Crippen molar-refractivity contribution in [2.45, 2.75) is 44.8 Å². The maximum Gasteiger partial charge on any atom is 0.407 e. The average molecular weight is 585 g/mol. The quantitative estimate of drug-likeness (QED) is 0.188. The van der Waals surface area contributed by atoms with Gasteiger partial charge in [0.05, 0.1) is 7.11 Å². The van der Waals surface area contributed by atoms with Gasteiger partial charge in [0.1, 0.15) is 31.3 Å². The molecule has 4 amide bonds. The molecule has 0 heterocycles. The molecule has 0 spiro atoms. The number of nitrogens with one attached hydrogen (secondary N) is 4. The summed E-state index contributed by atoms with van der Waals surface area (Å²) in [6.45, 7) is 4.64. The summed E-state index contributed by atoms with van der Waals surface area (Å²) in [5, 5.41) is 10.0. The Hall–Kier alpha value is -4.06. The molecule has 0 aliphatic heterocycles. The predicted octanol–water partition coefficient (Wildman–Crippen LogP) is 1.76. The molecule has 220 valence electrons. The van der Waals surface area contributed by atoms with E-state index in [1.807, 2.05) is 48.5 Å². The van der Waals surface area contributed by atoms with E-state index in [4.69, 9.17) is 4.74 Å². The first-order valence-corrected chi connectivity index (χ1v) is 13.9. The van der Waals surface area contributed by atoms with Gasteiger partial charge in [0.25, 0.3) is 0 Å². The van der Waals surface area contributed by atoms with Crippen LogP contribution in [0.3, 0.4) is 0 Å². The zero-order valence-electron chi connectivity index (χ0n) is 23.4. The van der Waals surface area contributed by atoms with Gasteiger partial charge in [-0.25, -0.2) is 4.79 Å². The lowest BCUT2D eigenvalue weighted by Crippen LogP contribution is -2.58. The molecule has 2 aromatic carbocycles. The number of alkyl carbamates (subject to hydrolysis) is 1. The van der Waals surface area contributed by atoms with Gasteiger partial charge in [0, 0.05) is 11.7 Å². The molecule has 1 aliphatic carbocycles. The van der Waals surface area contributed by atoms with Crippen molar-refractivity contribution in [3.8, 4) is 11.1 Å². The van der Waals surface area contributed by atoms with Crippen LogP contribution in [0.1, 0.15) is 37.8 Å². The van der Waals surface area contributed by atoms with Crippen LogP contribution in [-0.2, 0) is 28.7 Å². The van der Waals surface area contributed by atoms with Crippen molar-refractivity contribution >= 4 is 42.4 Å². The van der Waals surface area contributed by atoms with Crippen molar-refractivity contribution in [2.75, 3.05) is 26.0 Å². The van der Waals surface area contributed by atoms with Crippen molar-refractivity contribution < 1.29 is 33.4 Å². The SMILES string of the molecule is COC(=O)CNC(=O)[C@H](NC(=O)[C@@H](CS)NC(=O)[C@@H](C)NC(=O)OCC1c2ccccc2-c2ccccc21)C(C)C. The van der Waals surface area contributed by atoms with Gasteiger partial charge < -0.3 is 30.7 Å². The van der Waals surface area contributed by atoms with Crippen LogP contribution < -0.4 is 21.3 Å². The van der Waals surface area contributed by atoms with E-state index in [1.54, 1.807) is 13.8 Å². The number of hydrogen-bond acceptors (Lipinski definition) is 8. The Morgan fingerprint density at radius 2 is 1.41 bits per heavy atom. The fourth-order valence-corrected chi connectivity index (χ4v) is 4.76. The highest BCUT2D eigenvalue weighted by molar-refractivity contribution is 7.80. The number of hydrogen-bond donors (Lipinski definition) is 5. The van der Waals surface area contributed by atoms with Gasteiger partial charge in [0.15, 0.2) is 0 Å². The summed E-state index contributed by atoms with van der Waals surface area (Å²) in [5.41, 5.74) is 4.32. The number of thiol groups is 1. The molecule has 0 bridgehead atoms. The van der Waals surface area contributed by atoms with Crippen LogP contribution in [0.4, 0.5) is 4.79 Å². The molecule has 12 heteroatoms. The van der Waals surface area contributed by atoms with E-state index in [0.717, 1.165) is 22.3 Å². The number of carbonyl (C=O) groups excluding carboxylic acids is 5. The summed E-state index contributed by atoms with van der Waals surface area (Å²) >= 11 is 4.15. The highest BCUT2D eigenvalue weighted by Crippen LogP contribution is 2.44. The Labute approximate surface area is 244 Å². The molecule has 2 aromatic rings. The topological polar surface area (TPSA) is 152 Å². The van der Waals surface area contributed by atoms with Crippen LogP contribution in [0.25, 0.3) is 11.1 Å². The summed E-state index contributed by atoms with van der Waals surface area (Å²) in [7, 11) is 1.19. The van der Waals surface area contributed by atoms with E-state index in [1.165, 1.54) is 14.0 Å². The number of amides is 4. The lowest BCUT2D eigenvalue weighted by molar-refractivity contribution is -0.141. The number of ether oxygens (including phenoxy) is 2. The molecule has 11 nitrogen and oxygen atoms in total. The molecular formula is C29H36N4O7S. The summed E-state index contributed by atoms with van der Waals surface area (Å²) in [6.07, 6.45) is -0.775. The first-order chi connectivity index (χ1) is 19.6. The van der Waals surface area contributed by atoms with Gasteiger partial charge in [-0.2, -0.15) is 12.6 Å². The molecule has 3 atom stereocenters. The standard InChI is InChI=1S/C29H36N4O7S/c1-16(2)25(28(37)30-13-24(34)39-4)33-27(36)23(15-41)32-26(35)17(3)31-29(38)40-14-22-20-11-7-5-9-18(20)19-10-6-8-12-21(19)22/h5-12,16-17,22-23,25,41H,13-15H2,1-4H3,(H,30,37)(H,31,38)(H,32,35)(H,33,36)/t17-,23-,25-/m1/s1. The Morgan fingerprint density at radius 1 is 0.829 bits per heavy atom. The predicted molar refractivity (Wildman–Crippen MR) is 155 cm³/mol. The molecular weight excluding hydrogens is 548 g/mol. The second-order valence-corrected chi connectivity index (χ2v) is 10.3. The molecule has 0 saturated carbocycles. The van der Waals surface area contributed by atoms with Gasteiger partial charge in [0.2, 0.25) is 17.7 Å². The van der Waals surface area contributed by atoms with Crippen LogP contribution in [0, 0.1) is 5.92 Å². The Kier molecular flexibility index (Phi) is 11.2. The third-order valence-corrected chi connectivity index (χ3v) is 7.13. The number of methoxy groups -OCH3 is 1. The summed E-state index contributed by atoms with van der Waals surface area (Å²) in [4.78, 5) is 62.0. The number of esters is 1. The van der Waals surface area contributed by atoms with Crippen LogP contribution in [0.15, 0.2) is 48.5 Å². The second-order valence-electron chi connectivity index (χ2n) is 9.96. The number of benzene rings is 2. The molecule has 0 saturated heterocycles. The zero-order chi connectivity index (χ0) is 30.1. The van der Waals surface area contributed by atoms with Gasteiger partial charge in [-0.3, -0.25) is 19.2 Å². The van der Waals surface area contributed by atoms with Crippen LogP contribution in [-0.4, -0.2) is 73.9 Å². The van der Waals surface area contributed by atoms with E-state index in [-0.39, 0.29) is 30.7 Å². The fourth-order valence-electron chi connectivity index (χ4n) is 4.50. The number of rotatable bonds is 12. The lowest BCUT2D eigenvalue weighted by atomic mass is 9.98. The third kappa shape index (κ3) is 8.00. The van der Waals surface area contributed by atoms with Gasteiger partial charge in [-0.05, 0) is 35.1 Å². The van der Waals surface area contributed by atoms with Crippen LogP contribution in [0.5, 0.6) is 0 Å². The Balaban J connectivity index is 1.53. The summed E-state index contributed by atoms with van der Waals surface area (Å²) in [5.74, 6) is -3.00. The maximum atomic E-state index is 12.9. The average Bonchev–Trinajstić information content (AvgIpc) is 3.29. The minimum atomic E-state index is -1.09. The first kappa shape index (κ1) is 31.5. The normalized spacial score (nSPS) is 14.1. The van der Waals surface area contributed by atoms with Gasteiger partial charge in [-0.1, -0.05) is 62.4 Å². The minimum Gasteiger partial charge on any atom is -0.468 e. The molecule has 0 fully saturated rings. The Morgan fingerprint density at radius 3 is 1.95 bits per heavy atom. The van der Waals surface area contributed by atoms with Crippen molar-refractivity contribution in [3.63, 3.8) is 0 Å². The first-order valence-electron chi connectivity index (χ1n) is 13.2.